The number of fused-ring (bicyclic) bond motifs is 4. The van der Waals surface area contributed by atoms with Crippen LogP contribution in [0.2, 0.25) is 0 Å². The van der Waals surface area contributed by atoms with E-state index in [9.17, 15) is 0 Å². The van der Waals surface area contributed by atoms with Crippen LogP contribution in [0.1, 0.15) is 5.56 Å². The highest BCUT2D eigenvalue weighted by Crippen LogP contribution is 2.52. The number of hydrogen-bond donors (Lipinski definition) is 0. The highest BCUT2D eigenvalue weighted by atomic mass is 31.1. The Morgan fingerprint density at radius 2 is 1.28 bits per heavy atom. The molecule has 1 unspecified atom stereocenters. The first-order valence-corrected chi connectivity index (χ1v) is 10.8. The van der Waals surface area contributed by atoms with E-state index in [4.69, 9.17) is 14.0 Å². The maximum Gasteiger partial charge on any atom is 0.155 e. The summed E-state index contributed by atoms with van der Waals surface area (Å²) in [5.74, 6) is 2.64. The zero-order valence-electron chi connectivity index (χ0n) is 16.6. The summed E-state index contributed by atoms with van der Waals surface area (Å²) < 4.78 is 18.5. The zero-order valence-corrected chi connectivity index (χ0v) is 17.5. The fourth-order valence-electron chi connectivity index (χ4n) is 4.16. The second kappa shape index (κ2) is 7.09. The number of para-hydroxylation sites is 1. The molecule has 1 heterocycles. The van der Waals surface area contributed by atoms with E-state index in [1.807, 2.05) is 24.3 Å². The summed E-state index contributed by atoms with van der Waals surface area (Å²) >= 11 is 0. The predicted octanol–water partition coefficient (Wildman–Crippen LogP) is 5.57. The molecule has 0 saturated carbocycles. The van der Waals surface area contributed by atoms with Crippen molar-refractivity contribution in [1.29, 1.82) is 0 Å². The maximum atomic E-state index is 6.65. The van der Waals surface area contributed by atoms with Crippen LogP contribution in [-0.2, 0) is 0 Å². The Labute approximate surface area is 171 Å². The Kier molecular flexibility index (Phi) is 4.41. The van der Waals surface area contributed by atoms with Gasteiger partial charge in [-0.2, -0.15) is 0 Å². The van der Waals surface area contributed by atoms with Gasteiger partial charge in [-0.15, -0.1) is 0 Å². The summed E-state index contributed by atoms with van der Waals surface area (Å²) in [7, 11) is 2.34. The van der Waals surface area contributed by atoms with E-state index in [1.165, 1.54) is 10.9 Å². The summed E-state index contributed by atoms with van der Waals surface area (Å²) in [4.78, 5) is 0. The van der Waals surface area contributed by atoms with Gasteiger partial charge in [0.05, 0.1) is 19.5 Å². The van der Waals surface area contributed by atoms with E-state index < -0.39 is 8.15 Å². The van der Waals surface area contributed by atoms with Gasteiger partial charge in [-0.25, -0.2) is 0 Å². The lowest BCUT2D eigenvalue weighted by molar-refractivity contribution is 0.410. The topological polar surface area (TPSA) is 27.7 Å². The molecule has 0 aliphatic carbocycles. The van der Waals surface area contributed by atoms with Crippen molar-refractivity contribution in [3.8, 4) is 28.4 Å². The van der Waals surface area contributed by atoms with Crippen LogP contribution >= 0.6 is 8.15 Å². The molecule has 4 aromatic carbocycles. The molecule has 0 bridgehead atoms. The lowest BCUT2D eigenvalue weighted by atomic mass is 10.0. The first-order chi connectivity index (χ1) is 14.2. The predicted molar refractivity (Wildman–Crippen MR) is 120 cm³/mol. The standard InChI is InChI=1S/C25H21O3P/c1-16-23(26-2)19-12-4-5-13-20(19)24(27-3)25(16)29-22-15-9-7-11-18(22)17-10-6-8-14-21(17)28-29/h4-15H,1-3H3. The molecule has 1 aliphatic heterocycles. The molecule has 0 radical (unpaired) electrons. The van der Waals surface area contributed by atoms with Crippen molar-refractivity contribution in [3.05, 3.63) is 78.4 Å². The van der Waals surface area contributed by atoms with Gasteiger partial charge in [0, 0.05) is 27.2 Å². The van der Waals surface area contributed by atoms with Crippen LogP contribution in [0.5, 0.6) is 17.2 Å². The van der Waals surface area contributed by atoms with Crippen LogP contribution < -0.4 is 24.6 Å². The Balaban J connectivity index is 1.84. The van der Waals surface area contributed by atoms with Crippen molar-refractivity contribution >= 4 is 29.5 Å². The number of methoxy groups -OCH3 is 2. The fraction of sp³-hybridized carbons (Fsp3) is 0.120. The number of rotatable bonds is 3. The zero-order chi connectivity index (χ0) is 20.0. The largest absolute Gasteiger partial charge is 0.496 e. The molecule has 144 valence electrons. The van der Waals surface area contributed by atoms with Crippen LogP contribution in [0.25, 0.3) is 21.9 Å². The molecule has 3 nitrogen and oxygen atoms in total. The number of ether oxygens (including phenoxy) is 2. The first-order valence-electron chi connectivity index (χ1n) is 9.54. The minimum Gasteiger partial charge on any atom is -0.496 e. The maximum absolute atomic E-state index is 6.65. The minimum atomic E-state index is -1.12. The molecule has 0 fully saturated rings. The molecule has 0 aromatic heterocycles. The van der Waals surface area contributed by atoms with Crippen LogP contribution in [0.4, 0.5) is 0 Å². The monoisotopic (exact) mass is 400 g/mol. The van der Waals surface area contributed by atoms with Gasteiger partial charge in [0.15, 0.2) is 8.15 Å². The molecular formula is C25H21O3P. The Bertz CT molecular complexity index is 1230. The molecule has 0 saturated heterocycles. The van der Waals surface area contributed by atoms with Crippen LogP contribution in [0.3, 0.4) is 0 Å². The van der Waals surface area contributed by atoms with Crippen LogP contribution in [-0.4, -0.2) is 14.2 Å². The molecule has 0 N–H and O–H groups in total. The molecule has 5 rings (SSSR count). The van der Waals surface area contributed by atoms with Crippen molar-refractivity contribution in [2.75, 3.05) is 14.2 Å². The Morgan fingerprint density at radius 3 is 2.00 bits per heavy atom. The molecule has 0 spiro atoms. The molecule has 4 heteroatoms. The molecule has 0 amide bonds. The second-order valence-corrected chi connectivity index (χ2v) is 8.69. The summed E-state index contributed by atoms with van der Waals surface area (Å²) in [5.41, 5.74) is 3.41. The number of benzene rings is 4. The lowest BCUT2D eigenvalue weighted by Gasteiger charge is -2.31. The third-order valence-electron chi connectivity index (χ3n) is 5.43. The van der Waals surface area contributed by atoms with Crippen molar-refractivity contribution in [2.45, 2.75) is 6.92 Å². The average Bonchev–Trinajstić information content (AvgIpc) is 2.78. The minimum absolute atomic E-state index is 0.860. The Hall–Kier alpha value is -3.03. The van der Waals surface area contributed by atoms with Crippen molar-refractivity contribution in [3.63, 3.8) is 0 Å². The van der Waals surface area contributed by atoms with Crippen LogP contribution in [0, 0.1) is 6.92 Å². The van der Waals surface area contributed by atoms with Gasteiger partial charge in [-0.1, -0.05) is 66.7 Å². The number of hydrogen-bond acceptors (Lipinski definition) is 3. The van der Waals surface area contributed by atoms with Gasteiger partial charge in [0.2, 0.25) is 0 Å². The molecule has 4 aromatic rings. The lowest BCUT2D eigenvalue weighted by Crippen LogP contribution is -2.24. The smallest absolute Gasteiger partial charge is 0.155 e. The highest BCUT2D eigenvalue weighted by molar-refractivity contribution is 7.69. The van der Waals surface area contributed by atoms with Crippen molar-refractivity contribution < 1.29 is 14.0 Å². The highest BCUT2D eigenvalue weighted by Gasteiger charge is 2.33. The second-order valence-electron chi connectivity index (χ2n) is 6.98. The van der Waals surface area contributed by atoms with Gasteiger partial charge >= 0.3 is 0 Å². The SMILES string of the molecule is COc1c(C)c(P2Oc3ccccc3-c3ccccc32)c(OC)c2ccccc12. The van der Waals surface area contributed by atoms with E-state index in [2.05, 4.69) is 55.5 Å². The van der Waals surface area contributed by atoms with Crippen molar-refractivity contribution in [1.82, 2.24) is 0 Å². The van der Waals surface area contributed by atoms with E-state index in [1.54, 1.807) is 14.2 Å². The fourth-order valence-corrected chi connectivity index (χ4v) is 6.39. The van der Waals surface area contributed by atoms with E-state index in [-0.39, 0.29) is 0 Å². The average molecular weight is 400 g/mol. The molecule has 1 atom stereocenters. The third kappa shape index (κ3) is 2.69. The Morgan fingerprint density at radius 1 is 0.690 bits per heavy atom. The quantitative estimate of drug-likeness (QED) is 0.421. The normalized spacial score (nSPS) is 14.7. The molecule has 1 aliphatic rings. The van der Waals surface area contributed by atoms with Crippen molar-refractivity contribution in [2.24, 2.45) is 0 Å². The summed E-state index contributed by atoms with van der Waals surface area (Å²) in [5, 5.41) is 4.35. The first kappa shape index (κ1) is 18.0. The van der Waals surface area contributed by atoms with Crippen LogP contribution in [0.15, 0.2) is 72.8 Å². The summed E-state index contributed by atoms with van der Waals surface area (Å²) in [6.07, 6.45) is 0. The van der Waals surface area contributed by atoms with Gasteiger partial charge in [0.1, 0.15) is 17.2 Å². The molecule has 29 heavy (non-hydrogen) atoms. The van der Waals surface area contributed by atoms with E-state index >= 15 is 0 Å². The third-order valence-corrected chi connectivity index (χ3v) is 7.58. The van der Waals surface area contributed by atoms with Gasteiger partial charge in [-0.05, 0) is 18.6 Å². The molecular weight excluding hydrogens is 379 g/mol. The van der Waals surface area contributed by atoms with E-state index in [0.717, 1.165) is 44.5 Å². The van der Waals surface area contributed by atoms with Gasteiger partial charge in [0.25, 0.3) is 0 Å². The summed E-state index contributed by atoms with van der Waals surface area (Å²) in [6.45, 7) is 2.10. The van der Waals surface area contributed by atoms with E-state index in [0.29, 0.717) is 0 Å². The van der Waals surface area contributed by atoms with Gasteiger partial charge in [-0.3, -0.25) is 0 Å². The summed E-state index contributed by atoms with van der Waals surface area (Å²) in [6, 6.07) is 24.9. The van der Waals surface area contributed by atoms with Gasteiger partial charge < -0.3 is 14.0 Å².